The van der Waals surface area contributed by atoms with Gasteiger partial charge in [-0.15, -0.1) is 17.9 Å². The molecule has 0 saturated heterocycles. The summed E-state index contributed by atoms with van der Waals surface area (Å²) in [6, 6.07) is 13.7. The highest BCUT2D eigenvalue weighted by atomic mass is 32.1. The average molecular weight is 495 g/mol. The molecular weight excluding hydrogens is 460 g/mol. The number of nitrogens with zero attached hydrogens (tertiary/aromatic N) is 2. The van der Waals surface area contributed by atoms with Crippen molar-refractivity contribution in [2.24, 2.45) is 0 Å². The van der Waals surface area contributed by atoms with Gasteiger partial charge >= 0.3 is 0 Å². The molecule has 0 aliphatic carbocycles. The highest BCUT2D eigenvalue weighted by Gasteiger charge is 2.33. The van der Waals surface area contributed by atoms with Crippen molar-refractivity contribution in [3.05, 3.63) is 88.5 Å². The molecule has 0 saturated carbocycles. The highest BCUT2D eigenvalue weighted by molar-refractivity contribution is 7.10. The van der Waals surface area contributed by atoms with Gasteiger partial charge in [0.1, 0.15) is 18.1 Å². The molecule has 7 heteroatoms. The van der Waals surface area contributed by atoms with Gasteiger partial charge in [-0.25, -0.2) is 0 Å². The lowest BCUT2D eigenvalue weighted by Crippen LogP contribution is -2.47. The third-order valence-electron chi connectivity index (χ3n) is 6.30. The van der Waals surface area contributed by atoms with Crippen LogP contribution in [0.25, 0.3) is 0 Å². The third-order valence-corrected chi connectivity index (χ3v) is 7.30. The van der Waals surface area contributed by atoms with Gasteiger partial charge in [-0.2, -0.15) is 0 Å². The van der Waals surface area contributed by atoms with Gasteiger partial charge in [-0.05, 0) is 73.0 Å². The quantitative estimate of drug-likeness (QED) is 0.360. The Bertz CT molecular complexity index is 1090. The number of carbonyl (C=O) groups excluding carboxylic acids is 1. The van der Waals surface area contributed by atoms with Crippen LogP contribution in [0.15, 0.2) is 71.2 Å². The van der Waals surface area contributed by atoms with Gasteiger partial charge in [0.2, 0.25) is 5.91 Å². The van der Waals surface area contributed by atoms with Crippen LogP contribution < -0.4 is 4.74 Å². The fourth-order valence-electron chi connectivity index (χ4n) is 4.54. The summed E-state index contributed by atoms with van der Waals surface area (Å²) in [4.78, 5) is 18.9. The number of hydrogen-bond donors (Lipinski definition) is 1. The monoisotopic (exact) mass is 494 g/mol. The van der Waals surface area contributed by atoms with E-state index >= 15 is 0 Å². The lowest BCUT2D eigenvalue weighted by atomic mass is 10.0. The van der Waals surface area contributed by atoms with Gasteiger partial charge in [-0.3, -0.25) is 9.69 Å². The summed E-state index contributed by atoms with van der Waals surface area (Å²) in [5.41, 5.74) is 2.31. The van der Waals surface area contributed by atoms with E-state index in [-0.39, 0.29) is 18.5 Å². The number of carbonyl (C=O) groups is 1. The molecule has 1 aliphatic rings. The van der Waals surface area contributed by atoms with Crippen molar-refractivity contribution >= 4 is 17.2 Å². The summed E-state index contributed by atoms with van der Waals surface area (Å²) in [5, 5.41) is 12.6. The number of rotatable bonds is 12. The van der Waals surface area contributed by atoms with Crippen LogP contribution in [-0.4, -0.2) is 53.2 Å². The van der Waals surface area contributed by atoms with Crippen molar-refractivity contribution < 1.29 is 19.1 Å². The zero-order valence-corrected chi connectivity index (χ0v) is 21.1. The van der Waals surface area contributed by atoms with Gasteiger partial charge < -0.3 is 19.2 Å². The van der Waals surface area contributed by atoms with Gasteiger partial charge in [0.25, 0.3) is 0 Å². The molecule has 6 nitrogen and oxygen atoms in total. The molecular formula is C28H34N2O4S. The summed E-state index contributed by atoms with van der Waals surface area (Å²) in [7, 11) is 0. The normalized spacial score (nSPS) is 16.2. The fraction of sp³-hybridized carbons (Fsp3) is 0.393. The molecule has 186 valence electrons. The minimum Gasteiger partial charge on any atom is -0.491 e. The largest absolute Gasteiger partial charge is 0.491 e. The van der Waals surface area contributed by atoms with E-state index in [1.807, 2.05) is 53.1 Å². The second-order valence-electron chi connectivity index (χ2n) is 9.05. The first-order valence-corrected chi connectivity index (χ1v) is 13.0. The minimum atomic E-state index is -0.541. The molecule has 2 atom stereocenters. The maximum absolute atomic E-state index is 13.6. The first-order valence-electron chi connectivity index (χ1n) is 12.1. The molecule has 1 N–H and O–H groups in total. The average Bonchev–Trinajstić information content (AvgIpc) is 3.53. The number of amides is 1. The number of furan rings is 1. The molecule has 1 aromatic carbocycles. The molecule has 0 radical (unpaired) electrons. The Morgan fingerprint density at radius 2 is 2.26 bits per heavy atom. The van der Waals surface area contributed by atoms with E-state index in [4.69, 9.17) is 9.15 Å². The Morgan fingerprint density at radius 1 is 1.37 bits per heavy atom. The summed E-state index contributed by atoms with van der Waals surface area (Å²) < 4.78 is 11.7. The van der Waals surface area contributed by atoms with E-state index in [1.165, 1.54) is 10.4 Å². The van der Waals surface area contributed by atoms with Crippen LogP contribution in [0.2, 0.25) is 0 Å². The number of thiophene rings is 1. The second kappa shape index (κ2) is 12.2. The minimum absolute atomic E-state index is 0.0298. The third kappa shape index (κ3) is 6.84. The lowest BCUT2D eigenvalue weighted by Gasteiger charge is -2.37. The molecule has 1 aliphatic heterocycles. The van der Waals surface area contributed by atoms with Crippen LogP contribution in [0, 0.1) is 6.92 Å². The zero-order valence-electron chi connectivity index (χ0n) is 20.3. The van der Waals surface area contributed by atoms with Crippen molar-refractivity contribution in [1.82, 2.24) is 9.80 Å². The number of aliphatic hydroxyl groups is 1. The number of aliphatic hydroxyl groups excluding tert-OH is 1. The van der Waals surface area contributed by atoms with Gasteiger partial charge in [0, 0.05) is 18.0 Å². The SMILES string of the molecule is C=CCCC(O)CN(CC(=O)N1CCc2sccc2C1COc1cccc(C)c1)Cc1ccco1. The highest BCUT2D eigenvalue weighted by Crippen LogP contribution is 2.34. The molecule has 0 fully saturated rings. The predicted molar refractivity (Wildman–Crippen MR) is 139 cm³/mol. The van der Waals surface area contributed by atoms with Gasteiger partial charge in [-0.1, -0.05) is 18.2 Å². The standard InChI is InChI=1S/C28H34N2O4S/c1-3-4-8-22(31)17-29(18-24-10-6-14-33-24)19-28(32)30-13-11-27-25(12-15-35-27)26(30)20-34-23-9-5-7-21(2)16-23/h3,5-7,9-10,12,14-16,22,26,31H,1,4,8,11,13,17-20H2,2H3. The maximum Gasteiger partial charge on any atom is 0.237 e. The van der Waals surface area contributed by atoms with E-state index in [1.54, 1.807) is 23.7 Å². The summed E-state index contributed by atoms with van der Waals surface area (Å²) in [6.07, 6.45) is 5.08. The molecule has 2 aromatic heterocycles. The van der Waals surface area contributed by atoms with E-state index in [2.05, 4.69) is 18.0 Å². The molecule has 0 bridgehead atoms. The number of aryl methyl sites for hydroxylation is 1. The number of fused-ring (bicyclic) bond motifs is 1. The van der Waals surface area contributed by atoms with E-state index < -0.39 is 6.10 Å². The number of benzene rings is 1. The molecule has 3 aromatic rings. The number of hydrogen-bond acceptors (Lipinski definition) is 6. The van der Waals surface area contributed by atoms with Gasteiger partial charge in [0.15, 0.2) is 0 Å². The smallest absolute Gasteiger partial charge is 0.237 e. The van der Waals surface area contributed by atoms with Crippen molar-refractivity contribution in [2.45, 2.75) is 44.9 Å². The van der Waals surface area contributed by atoms with Gasteiger partial charge in [0.05, 0.1) is 31.5 Å². The Balaban J connectivity index is 1.48. The van der Waals surface area contributed by atoms with Crippen molar-refractivity contribution in [2.75, 3.05) is 26.2 Å². The molecule has 3 heterocycles. The van der Waals surface area contributed by atoms with Crippen molar-refractivity contribution in [1.29, 1.82) is 0 Å². The van der Waals surface area contributed by atoms with Crippen LogP contribution in [0.3, 0.4) is 0 Å². The molecule has 0 spiro atoms. The predicted octanol–water partition coefficient (Wildman–Crippen LogP) is 4.98. The summed E-state index contributed by atoms with van der Waals surface area (Å²) in [6.45, 7) is 7.89. The zero-order chi connectivity index (χ0) is 24.6. The van der Waals surface area contributed by atoms with Crippen LogP contribution in [0.1, 0.15) is 40.6 Å². The van der Waals surface area contributed by atoms with E-state index in [9.17, 15) is 9.90 Å². The van der Waals surface area contributed by atoms with Crippen molar-refractivity contribution in [3.63, 3.8) is 0 Å². The number of allylic oxidation sites excluding steroid dienone is 1. The van der Waals surface area contributed by atoms with Crippen LogP contribution in [0.4, 0.5) is 0 Å². The van der Waals surface area contributed by atoms with Crippen LogP contribution in [0.5, 0.6) is 5.75 Å². The Hall–Kier alpha value is -2.87. The van der Waals surface area contributed by atoms with Crippen LogP contribution in [-0.2, 0) is 17.8 Å². The molecule has 2 unspecified atom stereocenters. The van der Waals surface area contributed by atoms with Crippen LogP contribution >= 0.6 is 11.3 Å². The lowest BCUT2D eigenvalue weighted by molar-refractivity contribution is -0.136. The Kier molecular flexibility index (Phi) is 8.79. The summed E-state index contributed by atoms with van der Waals surface area (Å²) >= 11 is 1.74. The topological polar surface area (TPSA) is 66.2 Å². The maximum atomic E-state index is 13.6. The number of ether oxygens (including phenoxy) is 1. The summed E-state index contributed by atoms with van der Waals surface area (Å²) in [5.74, 6) is 1.61. The first-order chi connectivity index (χ1) is 17.0. The molecule has 4 rings (SSSR count). The van der Waals surface area contributed by atoms with Crippen molar-refractivity contribution in [3.8, 4) is 5.75 Å². The Morgan fingerprint density at radius 3 is 3.03 bits per heavy atom. The second-order valence-corrected chi connectivity index (χ2v) is 10.0. The van der Waals surface area contributed by atoms with E-state index in [0.29, 0.717) is 32.7 Å². The Labute approximate surface area is 211 Å². The fourth-order valence-corrected chi connectivity index (χ4v) is 5.47. The first kappa shape index (κ1) is 25.2. The molecule has 1 amide bonds. The van der Waals surface area contributed by atoms with E-state index in [0.717, 1.165) is 29.9 Å². The molecule has 35 heavy (non-hydrogen) atoms.